The van der Waals surface area contributed by atoms with Gasteiger partial charge in [-0.2, -0.15) is 4.98 Å². The summed E-state index contributed by atoms with van der Waals surface area (Å²) in [5.41, 5.74) is 2.11. The van der Waals surface area contributed by atoms with Crippen molar-refractivity contribution in [1.29, 1.82) is 0 Å². The number of hydrogen-bond donors (Lipinski definition) is 2. The van der Waals surface area contributed by atoms with Crippen molar-refractivity contribution in [1.82, 2.24) is 9.97 Å². The largest absolute Gasteiger partial charge is 0.511 e. The third-order valence-corrected chi connectivity index (χ3v) is 5.89. The highest BCUT2D eigenvalue weighted by Gasteiger charge is 2.28. The second-order valence-corrected chi connectivity index (χ2v) is 7.84. The molecule has 156 valence electrons. The van der Waals surface area contributed by atoms with Crippen LogP contribution in [0.3, 0.4) is 0 Å². The molecule has 0 spiro atoms. The van der Waals surface area contributed by atoms with Crippen molar-refractivity contribution in [3.63, 3.8) is 0 Å². The minimum atomic E-state index is 0.00379. The third-order valence-electron chi connectivity index (χ3n) is 5.89. The molecule has 1 heterocycles. The first-order valence-corrected chi connectivity index (χ1v) is 10.7. The van der Waals surface area contributed by atoms with Crippen LogP contribution in [0, 0.1) is 11.8 Å². The molecule has 3 aliphatic carbocycles. The lowest BCUT2D eigenvalue weighted by Gasteiger charge is -2.28. The normalized spacial score (nSPS) is 21.8. The summed E-state index contributed by atoms with van der Waals surface area (Å²) in [6.45, 7) is 2.36. The first-order chi connectivity index (χ1) is 15.2. The van der Waals surface area contributed by atoms with E-state index in [2.05, 4.69) is 47.5 Å². The fourth-order valence-corrected chi connectivity index (χ4v) is 4.52. The van der Waals surface area contributed by atoms with Gasteiger partial charge in [0.1, 0.15) is 11.5 Å². The van der Waals surface area contributed by atoms with E-state index >= 15 is 0 Å². The highest BCUT2D eigenvalue weighted by molar-refractivity contribution is 5.78. The molecule has 5 nitrogen and oxygen atoms in total. The summed E-state index contributed by atoms with van der Waals surface area (Å²) in [5, 5.41) is 23.2. The fraction of sp³-hybridized carbons (Fsp3) is 0.231. The highest BCUT2D eigenvalue weighted by atomic mass is 16.5. The molecule has 31 heavy (non-hydrogen) atoms. The van der Waals surface area contributed by atoms with Gasteiger partial charge in [0.2, 0.25) is 5.88 Å². The van der Waals surface area contributed by atoms with Gasteiger partial charge < -0.3 is 14.9 Å². The number of ether oxygens (including phenoxy) is 1. The molecule has 2 aromatic rings. The van der Waals surface area contributed by atoms with Gasteiger partial charge in [-0.1, -0.05) is 54.6 Å². The van der Waals surface area contributed by atoms with Crippen molar-refractivity contribution < 1.29 is 14.9 Å². The number of rotatable bonds is 4. The Morgan fingerprint density at radius 3 is 2.77 bits per heavy atom. The zero-order chi connectivity index (χ0) is 21.4. The molecule has 0 radical (unpaired) electrons. The Balaban J connectivity index is 1.78. The van der Waals surface area contributed by atoms with E-state index in [1.165, 1.54) is 5.22 Å². The summed E-state index contributed by atoms with van der Waals surface area (Å²) >= 11 is 0. The monoisotopic (exact) mass is 412 g/mol. The van der Waals surface area contributed by atoms with Gasteiger partial charge in [-0.3, -0.25) is 0 Å². The van der Waals surface area contributed by atoms with Crippen LogP contribution in [-0.2, 0) is 0 Å². The van der Waals surface area contributed by atoms with Gasteiger partial charge in [-0.25, -0.2) is 4.98 Å². The van der Waals surface area contributed by atoms with Gasteiger partial charge in [0.15, 0.2) is 5.82 Å². The molecule has 0 aliphatic heterocycles. The molecule has 0 bridgehead atoms. The Morgan fingerprint density at radius 2 is 1.94 bits per heavy atom. The van der Waals surface area contributed by atoms with Gasteiger partial charge in [-0.05, 0) is 35.4 Å². The Labute approximate surface area is 180 Å². The van der Waals surface area contributed by atoms with Gasteiger partial charge in [0.25, 0.3) is 0 Å². The number of nitrogens with zero attached hydrogens (tertiary/aromatic N) is 2. The summed E-state index contributed by atoms with van der Waals surface area (Å²) < 4.78 is 5.75. The van der Waals surface area contributed by atoms with E-state index in [9.17, 15) is 10.2 Å². The van der Waals surface area contributed by atoms with Crippen LogP contribution in [0.25, 0.3) is 17.2 Å². The molecule has 1 aromatic carbocycles. The standard InChI is InChI=1S/C26H24N2O3/c1-2-31-23-15-20(27-26(28-23)25-21(29)12-7-13-22(25)30)24-18-10-5-3-8-16(18)14-17-9-4-6-11-19(17)24/h3-6,8-12,14-16,18,29-30H,2,7,13H2,1H3. The van der Waals surface area contributed by atoms with E-state index in [0.29, 0.717) is 25.3 Å². The average Bonchev–Trinajstić information content (AvgIpc) is 2.77. The number of aliphatic hydroxyl groups is 2. The number of aromatic nitrogens is 2. The van der Waals surface area contributed by atoms with Gasteiger partial charge in [-0.15, -0.1) is 0 Å². The van der Waals surface area contributed by atoms with Crippen LogP contribution in [0.1, 0.15) is 31.3 Å². The third kappa shape index (κ3) is 3.46. The number of benzene rings is 1. The maximum absolute atomic E-state index is 10.5. The molecule has 5 heteroatoms. The van der Waals surface area contributed by atoms with E-state index in [1.54, 1.807) is 6.08 Å². The minimum absolute atomic E-state index is 0.00379. The summed E-state index contributed by atoms with van der Waals surface area (Å²) in [6, 6.07) is 10.2. The van der Waals surface area contributed by atoms with E-state index < -0.39 is 0 Å². The topological polar surface area (TPSA) is 75.5 Å². The van der Waals surface area contributed by atoms with Crippen molar-refractivity contribution in [3.05, 3.63) is 94.2 Å². The molecular formula is C26H24N2O3. The molecule has 5 rings (SSSR count). The van der Waals surface area contributed by atoms with Crippen LogP contribution in [-0.4, -0.2) is 26.8 Å². The molecule has 0 saturated heterocycles. The smallest absolute Gasteiger partial charge is 0.217 e. The van der Waals surface area contributed by atoms with Gasteiger partial charge in [0, 0.05) is 24.3 Å². The van der Waals surface area contributed by atoms with E-state index in [-0.39, 0.29) is 34.8 Å². The van der Waals surface area contributed by atoms with E-state index in [4.69, 9.17) is 9.72 Å². The van der Waals surface area contributed by atoms with Gasteiger partial charge >= 0.3 is 0 Å². The number of aliphatic hydroxyl groups excluding tert-OH is 2. The van der Waals surface area contributed by atoms with E-state index in [0.717, 1.165) is 16.5 Å². The predicted molar refractivity (Wildman–Crippen MR) is 121 cm³/mol. The Morgan fingerprint density at radius 1 is 1.10 bits per heavy atom. The zero-order valence-electron chi connectivity index (χ0n) is 17.3. The number of fused-ring (bicyclic) bond motifs is 2. The van der Waals surface area contributed by atoms with Crippen molar-refractivity contribution in [2.24, 2.45) is 11.8 Å². The first kappa shape index (κ1) is 19.4. The van der Waals surface area contributed by atoms with Crippen molar-refractivity contribution >= 4 is 17.2 Å². The van der Waals surface area contributed by atoms with Crippen molar-refractivity contribution in [2.45, 2.75) is 19.8 Å². The SMILES string of the molecule is CCOc1cc(C2=c3ccccc3=CC3C=CC=CC23)nc(C2=C(O)CCC=C2O)n1. The Bertz CT molecular complexity index is 1280. The summed E-state index contributed by atoms with van der Waals surface area (Å²) in [5.74, 6) is 1.17. The maximum Gasteiger partial charge on any atom is 0.217 e. The lowest BCUT2D eigenvalue weighted by Crippen LogP contribution is -2.36. The van der Waals surface area contributed by atoms with Crippen LogP contribution in [0.15, 0.2) is 72.2 Å². The molecule has 0 amide bonds. The molecule has 0 saturated carbocycles. The first-order valence-electron chi connectivity index (χ1n) is 10.7. The van der Waals surface area contributed by atoms with Crippen LogP contribution >= 0.6 is 0 Å². The molecule has 3 aliphatic rings. The molecule has 2 atom stereocenters. The lowest BCUT2D eigenvalue weighted by atomic mass is 9.77. The highest BCUT2D eigenvalue weighted by Crippen LogP contribution is 2.36. The van der Waals surface area contributed by atoms with Crippen molar-refractivity contribution in [2.75, 3.05) is 6.61 Å². The van der Waals surface area contributed by atoms with Crippen molar-refractivity contribution in [3.8, 4) is 5.88 Å². The fourth-order valence-electron chi connectivity index (χ4n) is 4.52. The summed E-state index contributed by atoms with van der Waals surface area (Å²) in [6.07, 6.45) is 13.6. The lowest BCUT2D eigenvalue weighted by molar-refractivity contribution is 0.325. The Kier molecular flexibility index (Phi) is 4.94. The molecule has 2 N–H and O–H groups in total. The molecular weight excluding hydrogens is 388 g/mol. The molecule has 1 aromatic heterocycles. The summed E-state index contributed by atoms with van der Waals surface area (Å²) in [7, 11) is 0. The second kappa shape index (κ2) is 7.91. The van der Waals surface area contributed by atoms with E-state index in [1.807, 2.05) is 25.1 Å². The minimum Gasteiger partial charge on any atom is -0.511 e. The van der Waals surface area contributed by atoms with Crippen LogP contribution in [0.4, 0.5) is 0 Å². The van der Waals surface area contributed by atoms with Gasteiger partial charge in [0.05, 0.1) is 17.9 Å². The maximum atomic E-state index is 10.5. The summed E-state index contributed by atoms with van der Waals surface area (Å²) in [4.78, 5) is 9.33. The molecule has 0 fully saturated rings. The quantitative estimate of drug-likeness (QED) is 0.800. The number of hydrogen-bond acceptors (Lipinski definition) is 5. The Hall–Kier alpha value is -3.60. The molecule has 2 unspecified atom stereocenters. The predicted octanol–water partition coefficient (Wildman–Crippen LogP) is 3.73. The second-order valence-electron chi connectivity index (χ2n) is 7.84. The zero-order valence-corrected chi connectivity index (χ0v) is 17.3. The van der Waals surface area contributed by atoms with Crippen LogP contribution in [0.5, 0.6) is 5.88 Å². The average molecular weight is 412 g/mol. The van der Waals surface area contributed by atoms with Crippen LogP contribution < -0.4 is 15.2 Å². The number of allylic oxidation sites excluding steroid dienone is 7. The van der Waals surface area contributed by atoms with Crippen LogP contribution in [0.2, 0.25) is 0 Å².